The fourth-order valence-corrected chi connectivity index (χ4v) is 1.81. The highest BCUT2D eigenvalue weighted by molar-refractivity contribution is 4.64. The third kappa shape index (κ3) is 5.24. The lowest BCUT2D eigenvalue weighted by molar-refractivity contribution is 0.191. The lowest BCUT2D eigenvalue weighted by Crippen LogP contribution is -2.32. The van der Waals surface area contributed by atoms with Crippen molar-refractivity contribution in [3.05, 3.63) is 0 Å². The summed E-state index contributed by atoms with van der Waals surface area (Å²) in [6.45, 7) is 5.39. The van der Waals surface area contributed by atoms with Crippen LogP contribution in [0.1, 0.15) is 25.7 Å². The Morgan fingerprint density at radius 3 is 2.54 bits per heavy atom. The zero-order chi connectivity index (χ0) is 9.36. The summed E-state index contributed by atoms with van der Waals surface area (Å²) in [7, 11) is 0. The van der Waals surface area contributed by atoms with E-state index in [0.29, 0.717) is 6.54 Å². The number of piperidine rings is 1. The summed E-state index contributed by atoms with van der Waals surface area (Å²) in [5.41, 5.74) is 0. The molecule has 0 aromatic heterocycles. The highest BCUT2D eigenvalue weighted by atomic mass is 16.3. The van der Waals surface area contributed by atoms with Gasteiger partial charge in [0.1, 0.15) is 0 Å². The number of hydrogen-bond acceptors (Lipinski definition) is 2. The van der Waals surface area contributed by atoms with Gasteiger partial charge >= 0.3 is 0 Å². The van der Waals surface area contributed by atoms with Crippen molar-refractivity contribution in [1.82, 2.24) is 10.2 Å². The van der Waals surface area contributed by atoms with Gasteiger partial charge in [0.25, 0.3) is 0 Å². The minimum Gasteiger partial charge on any atom is -0.314 e. The van der Waals surface area contributed by atoms with E-state index in [1.54, 1.807) is 0 Å². The Bertz CT molecular complexity index is 113. The molecule has 1 saturated heterocycles. The number of rotatable bonds is 6. The third-order valence-electron chi connectivity index (χ3n) is 2.56. The first kappa shape index (κ1) is 11.0. The van der Waals surface area contributed by atoms with E-state index in [0.717, 1.165) is 6.54 Å². The minimum absolute atomic E-state index is 0.00368. The molecule has 0 aromatic carbocycles. The van der Waals surface area contributed by atoms with Crippen molar-refractivity contribution >= 4 is 0 Å². The molecule has 0 aromatic rings. The van der Waals surface area contributed by atoms with Crippen LogP contribution in [0.2, 0.25) is 0 Å². The Kier molecular flexibility index (Phi) is 6.15. The highest BCUT2D eigenvalue weighted by Crippen LogP contribution is 2.08. The van der Waals surface area contributed by atoms with Crippen LogP contribution in [0.3, 0.4) is 0 Å². The van der Waals surface area contributed by atoms with E-state index in [1.807, 2.05) is 0 Å². The summed E-state index contributed by atoms with van der Waals surface area (Å²) in [6.07, 6.45) is 5.33. The van der Waals surface area contributed by atoms with Crippen molar-refractivity contribution in [2.45, 2.75) is 25.7 Å². The molecule has 0 unspecified atom stereocenters. The summed E-state index contributed by atoms with van der Waals surface area (Å²) >= 11 is 0. The predicted molar refractivity (Wildman–Crippen MR) is 53.3 cm³/mol. The second-order valence-corrected chi connectivity index (χ2v) is 3.71. The SMILES string of the molecule is [O]CCNCCCN1CCCCC1. The van der Waals surface area contributed by atoms with Crippen molar-refractivity contribution in [2.24, 2.45) is 0 Å². The highest BCUT2D eigenvalue weighted by Gasteiger charge is 2.08. The van der Waals surface area contributed by atoms with Crippen molar-refractivity contribution in [2.75, 3.05) is 39.3 Å². The Balaban J connectivity index is 1.86. The molecule has 3 heteroatoms. The summed E-state index contributed by atoms with van der Waals surface area (Å²) in [5.74, 6) is 0. The van der Waals surface area contributed by atoms with Gasteiger partial charge < -0.3 is 10.2 Å². The van der Waals surface area contributed by atoms with E-state index in [2.05, 4.69) is 10.2 Å². The molecule has 0 aliphatic carbocycles. The molecule has 1 rings (SSSR count). The largest absolute Gasteiger partial charge is 0.314 e. The van der Waals surface area contributed by atoms with Crippen LogP contribution in [0, 0.1) is 0 Å². The lowest BCUT2D eigenvalue weighted by Gasteiger charge is -2.26. The summed E-state index contributed by atoms with van der Waals surface area (Å²) in [5, 5.41) is 13.3. The van der Waals surface area contributed by atoms with Crippen molar-refractivity contribution < 1.29 is 5.11 Å². The summed E-state index contributed by atoms with van der Waals surface area (Å²) in [4.78, 5) is 2.53. The Hall–Kier alpha value is -0.120. The second kappa shape index (κ2) is 7.30. The van der Waals surface area contributed by atoms with E-state index < -0.39 is 0 Å². The first-order valence-corrected chi connectivity index (χ1v) is 5.44. The molecule has 1 fully saturated rings. The predicted octanol–water partition coefficient (Wildman–Crippen LogP) is 0.882. The Labute approximate surface area is 81.1 Å². The molecule has 0 amide bonds. The van der Waals surface area contributed by atoms with Crippen molar-refractivity contribution in [3.63, 3.8) is 0 Å². The monoisotopic (exact) mass is 185 g/mol. The van der Waals surface area contributed by atoms with Gasteiger partial charge in [-0.15, -0.1) is 0 Å². The summed E-state index contributed by atoms with van der Waals surface area (Å²) in [6, 6.07) is 0. The average molecular weight is 185 g/mol. The number of nitrogens with one attached hydrogen (secondary N) is 1. The molecule has 0 saturated carbocycles. The van der Waals surface area contributed by atoms with Crippen molar-refractivity contribution in [1.29, 1.82) is 0 Å². The fourth-order valence-electron chi connectivity index (χ4n) is 1.81. The first-order valence-electron chi connectivity index (χ1n) is 5.44. The van der Waals surface area contributed by atoms with Crippen LogP contribution in [0.25, 0.3) is 0 Å². The molecule has 0 atom stereocenters. The van der Waals surface area contributed by atoms with Crippen LogP contribution < -0.4 is 5.32 Å². The third-order valence-corrected chi connectivity index (χ3v) is 2.56. The molecular weight excluding hydrogens is 164 g/mol. The van der Waals surface area contributed by atoms with Gasteiger partial charge in [-0.3, -0.25) is 0 Å². The Morgan fingerprint density at radius 2 is 1.85 bits per heavy atom. The quantitative estimate of drug-likeness (QED) is 0.624. The molecule has 3 nitrogen and oxygen atoms in total. The van der Waals surface area contributed by atoms with Gasteiger partial charge in [0.2, 0.25) is 0 Å². The summed E-state index contributed by atoms with van der Waals surface area (Å²) < 4.78 is 0. The second-order valence-electron chi connectivity index (χ2n) is 3.71. The van der Waals surface area contributed by atoms with E-state index >= 15 is 0 Å². The normalized spacial score (nSPS) is 19.2. The maximum absolute atomic E-state index is 10.1. The van der Waals surface area contributed by atoms with Crippen LogP contribution in [0.4, 0.5) is 0 Å². The minimum atomic E-state index is 0.00368. The van der Waals surface area contributed by atoms with E-state index in [1.165, 1.54) is 45.3 Å². The zero-order valence-electron chi connectivity index (χ0n) is 8.43. The maximum Gasteiger partial charge on any atom is 0.0946 e. The van der Waals surface area contributed by atoms with Gasteiger partial charge in [-0.25, -0.2) is 5.11 Å². The molecule has 1 radical (unpaired) electrons. The van der Waals surface area contributed by atoms with Crippen molar-refractivity contribution in [3.8, 4) is 0 Å². The standard InChI is InChI=1S/C10H21N2O/c13-10-6-11-5-4-9-12-7-2-1-3-8-12/h11H,1-10H2. The van der Waals surface area contributed by atoms with Gasteiger partial charge in [-0.1, -0.05) is 6.42 Å². The first-order chi connectivity index (χ1) is 6.43. The average Bonchev–Trinajstić information content (AvgIpc) is 2.19. The molecule has 1 aliphatic rings. The lowest BCUT2D eigenvalue weighted by atomic mass is 10.1. The fraction of sp³-hybridized carbons (Fsp3) is 1.00. The number of nitrogens with zero attached hydrogens (tertiary/aromatic N) is 1. The Morgan fingerprint density at radius 1 is 1.08 bits per heavy atom. The molecule has 77 valence electrons. The zero-order valence-corrected chi connectivity index (χ0v) is 8.43. The van der Waals surface area contributed by atoms with Crippen LogP contribution in [0.15, 0.2) is 0 Å². The van der Waals surface area contributed by atoms with E-state index in [-0.39, 0.29) is 6.61 Å². The van der Waals surface area contributed by atoms with E-state index in [4.69, 9.17) is 0 Å². The molecular formula is C10H21N2O. The van der Waals surface area contributed by atoms with Crippen LogP contribution in [-0.2, 0) is 5.11 Å². The molecule has 0 bridgehead atoms. The van der Waals surface area contributed by atoms with E-state index in [9.17, 15) is 5.11 Å². The number of likely N-dealkylation sites (tertiary alicyclic amines) is 1. The molecule has 1 heterocycles. The maximum atomic E-state index is 10.1. The van der Waals surface area contributed by atoms with Crippen LogP contribution in [0.5, 0.6) is 0 Å². The van der Waals surface area contributed by atoms with Crippen LogP contribution in [-0.4, -0.2) is 44.2 Å². The number of hydrogen-bond donors (Lipinski definition) is 1. The van der Waals surface area contributed by atoms with Gasteiger partial charge in [0, 0.05) is 6.54 Å². The molecule has 1 aliphatic heterocycles. The molecule has 1 N–H and O–H groups in total. The van der Waals surface area contributed by atoms with Gasteiger partial charge in [0.15, 0.2) is 0 Å². The van der Waals surface area contributed by atoms with Gasteiger partial charge in [0.05, 0.1) is 6.61 Å². The molecule has 13 heavy (non-hydrogen) atoms. The van der Waals surface area contributed by atoms with Gasteiger partial charge in [-0.2, -0.15) is 0 Å². The molecule has 0 spiro atoms. The van der Waals surface area contributed by atoms with Crippen LogP contribution >= 0.6 is 0 Å². The van der Waals surface area contributed by atoms with Gasteiger partial charge in [-0.05, 0) is 45.4 Å². The topological polar surface area (TPSA) is 35.2 Å². The smallest absolute Gasteiger partial charge is 0.0946 e.